The Morgan fingerprint density at radius 1 is 1.15 bits per heavy atom. The summed E-state index contributed by atoms with van der Waals surface area (Å²) in [4.78, 5) is 5.05. The molecule has 0 aromatic rings. The summed E-state index contributed by atoms with van der Waals surface area (Å²) in [6.07, 6.45) is 7.54. The first-order valence-corrected chi connectivity index (χ1v) is 8.51. The van der Waals surface area contributed by atoms with Crippen LogP contribution in [0.1, 0.15) is 45.4 Å². The van der Waals surface area contributed by atoms with Gasteiger partial charge in [-0.05, 0) is 19.3 Å². The molecule has 2 fully saturated rings. The highest BCUT2D eigenvalue weighted by Gasteiger charge is 2.26. The predicted molar refractivity (Wildman–Crippen MR) is 82.0 cm³/mol. The van der Waals surface area contributed by atoms with E-state index in [0.29, 0.717) is 6.61 Å². The second kappa shape index (κ2) is 8.98. The number of piperazine rings is 1. The SMILES string of the molecule is CCCCOCC(O)CN1CCN(C2CCCC2)CC1. The van der Waals surface area contributed by atoms with Gasteiger partial charge in [0.2, 0.25) is 0 Å². The number of rotatable bonds is 8. The number of aliphatic hydroxyl groups is 1. The topological polar surface area (TPSA) is 35.9 Å². The van der Waals surface area contributed by atoms with Gasteiger partial charge in [0, 0.05) is 45.4 Å². The fourth-order valence-electron chi connectivity index (χ4n) is 3.40. The van der Waals surface area contributed by atoms with Gasteiger partial charge in [-0.15, -0.1) is 0 Å². The lowest BCUT2D eigenvalue weighted by molar-refractivity contribution is 0.00295. The summed E-state index contributed by atoms with van der Waals surface area (Å²) in [5, 5.41) is 10.00. The zero-order valence-corrected chi connectivity index (χ0v) is 13.1. The van der Waals surface area contributed by atoms with E-state index in [9.17, 15) is 5.11 Å². The van der Waals surface area contributed by atoms with Crippen molar-refractivity contribution < 1.29 is 9.84 Å². The summed E-state index contributed by atoms with van der Waals surface area (Å²) in [6.45, 7) is 8.74. The first-order chi connectivity index (χ1) is 9.79. The number of nitrogens with zero attached hydrogens (tertiary/aromatic N) is 2. The monoisotopic (exact) mass is 284 g/mol. The summed E-state index contributed by atoms with van der Waals surface area (Å²) in [6, 6.07) is 0.847. The Kier molecular flexibility index (Phi) is 7.28. The second-order valence-electron chi connectivity index (χ2n) is 6.36. The Balaban J connectivity index is 1.56. The molecular weight excluding hydrogens is 252 g/mol. The summed E-state index contributed by atoms with van der Waals surface area (Å²) < 4.78 is 5.49. The average molecular weight is 284 g/mol. The van der Waals surface area contributed by atoms with Crippen LogP contribution in [0.25, 0.3) is 0 Å². The van der Waals surface area contributed by atoms with Crippen LogP contribution >= 0.6 is 0 Å². The number of hydrogen-bond acceptors (Lipinski definition) is 4. The van der Waals surface area contributed by atoms with E-state index in [1.807, 2.05) is 0 Å². The minimum atomic E-state index is -0.329. The maximum absolute atomic E-state index is 10.00. The Hall–Kier alpha value is -0.160. The van der Waals surface area contributed by atoms with Crippen molar-refractivity contribution in [2.24, 2.45) is 0 Å². The Bertz CT molecular complexity index is 249. The molecule has 0 amide bonds. The van der Waals surface area contributed by atoms with Crippen molar-refractivity contribution in [2.45, 2.75) is 57.6 Å². The van der Waals surface area contributed by atoms with Gasteiger partial charge in [0.15, 0.2) is 0 Å². The molecule has 0 radical (unpaired) electrons. The lowest BCUT2D eigenvalue weighted by atomic mass is 10.1. The first-order valence-electron chi connectivity index (χ1n) is 8.51. The minimum Gasteiger partial charge on any atom is -0.389 e. The lowest BCUT2D eigenvalue weighted by Crippen LogP contribution is -2.51. The molecule has 2 aliphatic rings. The molecule has 118 valence electrons. The summed E-state index contributed by atoms with van der Waals surface area (Å²) >= 11 is 0. The molecule has 1 saturated carbocycles. The molecule has 1 saturated heterocycles. The van der Waals surface area contributed by atoms with Crippen molar-refractivity contribution in [3.63, 3.8) is 0 Å². The van der Waals surface area contributed by atoms with E-state index in [4.69, 9.17) is 4.74 Å². The fraction of sp³-hybridized carbons (Fsp3) is 1.00. The normalized spacial score (nSPS) is 24.3. The van der Waals surface area contributed by atoms with Crippen LogP contribution in [0, 0.1) is 0 Å². The van der Waals surface area contributed by atoms with Gasteiger partial charge >= 0.3 is 0 Å². The molecule has 4 nitrogen and oxygen atoms in total. The van der Waals surface area contributed by atoms with Gasteiger partial charge in [0.1, 0.15) is 0 Å². The molecule has 2 rings (SSSR count). The minimum absolute atomic E-state index is 0.329. The number of unbranched alkanes of at least 4 members (excludes halogenated alkanes) is 1. The van der Waals surface area contributed by atoms with Crippen LogP contribution in [0.4, 0.5) is 0 Å². The van der Waals surface area contributed by atoms with Crippen LogP contribution in [0.15, 0.2) is 0 Å². The zero-order valence-electron chi connectivity index (χ0n) is 13.1. The number of aliphatic hydroxyl groups excluding tert-OH is 1. The molecule has 1 aliphatic carbocycles. The van der Waals surface area contributed by atoms with E-state index in [1.165, 1.54) is 38.8 Å². The van der Waals surface area contributed by atoms with E-state index in [-0.39, 0.29) is 6.10 Å². The Morgan fingerprint density at radius 2 is 1.85 bits per heavy atom. The third kappa shape index (κ3) is 5.32. The third-order valence-electron chi connectivity index (χ3n) is 4.67. The van der Waals surface area contributed by atoms with Gasteiger partial charge in [-0.3, -0.25) is 9.80 Å². The van der Waals surface area contributed by atoms with Crippen LogP contribution in [-0.2, 0) is 4.74 Å². The molecule has 1 heterocycles. The van der Waals surface area contributed by atoms with Crippen molar-refractivity contribution in [2.75, 3.05) is 45.9 Å². The Labute approximate surface area is 124 Å². The third-order valence-corrected chi connectivity index (χ3v) is 4.67. The molecule has 1 atom stereocenters. The predicted octanol–water partition coefficient (Wildman–Crippen LogP) is 1.72. The van der Waals surface area contributed by atoms with E-state index in [2.05, 4.69) is 16.7 Å². The largest absolute Gasteiger partial charge is 0.389 e. The number of ether oxygens (including phenoxy) is 1. The van der Waals surface area contributed by atoms with Crippen LogP contribution in [0.5, 0.6) is 0 Å². The maximum atomic E-state index is 10.00. The molecule has 20 heavy (non-hydrogen) atoms. The average Bonchev–Trinajstić information content (AvgIpc) is 2.99. The highest BCUT2D eigenvalue weighted by atomic mass is 16.5. The van der Waals surface area contributed by atoms with Crippen molar-refractivity contribution in [3.05, 3.63) is 0 Å². The highest BCUT2D eigenvalue weighted by Crippen LogP contribution is 2.24. The highest BCUT2D eigenvalue weighted by molar-refractivity contribution is 4.82. The van der Waals surface area contributed by atoms with Crippen molar-refractivity contribution in [1.82, 2.24) is 9.80 Å². The van der Waals surface area contributed by atoms with E-state index in [0.717, 1.165) is 45.1 Å². The zero-order chi connectivity index (χ0) is 14.2. The van der Waals surface area contributed by atoms with Gasteiger partial charge in [-0.2, -0.15) is 0 Å². The molecule has 0 spiro atoms. The van der Waals surface area contributed by atoms with Crippen LogP contribution in [0.3, 0.4) is 0 Å². The van der Waals surface area contributed by atoms with Gasteiger partial charge in [0.05, 0.1) is 12.7 Å². The molecule has 4 heteroatoms. The van der Waals surface area contributed by atoms with E-state index < -0.39 is 0 Å². The summed E-state index contributed by atoms with van der Waals surface area (Å²) in [7, 11) is 0. The summed E-state index contributed by atoms with van der Waals surface area (Å²) in [5.41, 5.74) is 0. The molecular formula is C16H32N2O2. The smallest absolute Gasteiger partial charge is 0.0900 e. The van der Waals surface area contributed by atoms with Gasteiger partial charge in [-0.1, -0.05) is 26.2 Å². The van der Waals surface area contributed by atoms with Gasteiger partial charge < -0.3 is 9.84 Å². The fourth-order valence-corrected chi connectivity index (χ4v) is 3.40. The van der Waals surface area contributed by atoms with Crippen molar-refractivity contribution in [1.29, 1.82) is 0 Å². The molecule has 0 aromatic carbocycles. The number of hydrogen-bond donors (Lipinski definition) is 1. The van der Waals surface area contributed by atoms with Gasteiger partial charge in [-0.25, -0.2) is 0 Å². The lowest BCUT2D eigenvalue weighted by Gasteiger charge is -2.38. The molecule has 1 aliphatic heterocycles. The quantitative estimate of drug-likeness (QED) is 0.689. The standard InChI is InChI=1S/C16H32N2O2/c1-2-3-12-20-14-16(19)13-17-8-10-18(11-9-17)15-6-4-5-7-15/h15-16,19H,2-14H2,1H3. The second-order valence-corrected chi connectivity index (χ2v) is 6.36. The van der Waals surface area contributed by atoms with E-state index >= 15 is 0 Å². The van der Waals surface area contributed by atoms with Crippen LogP contribution < -0.4 is 0 Å². The summed E-state index contributed by atoms with van der Waals surface area (Å²) in [5.74, 6) is 0. The van der Waals surface area contributed by atoms with Crippen LogP contribution in [0.2, 0.25) is 0 Å². The van der Waals surface area contributed by atoms with Gasteiger partial charge in [0.25, 0.3) is 0 Å². The maximum Gasteiger partial charge on any atom is 0.0900 e. The van der Waals surface area contributed by atoms with Crippen molar-refractivity contribution >= 4 is 0 Å². The van der Waals surface area contributed by atoms with E-state index in [1.54, 1.807) is 0 Å². The number of β-amino-alcohol motifs (C(OH)–C–C–N with tert-alkyl or cyclic N) is 1. The Morgan fingerprint density at radius 3 is 2.50 bits per heavy atom. The molecule has 1 unspecified atom stereocenters. The van der Waals surface area contributed by atoms with Crippen molar-refractivity contribution in [3.8, 4) is 0 Å². The molecule has 0 aromatic heterocycles. The first kappa shape index (κ1) is 16.2. The molecule has 1 N–H and O–H groups in total. The van der Waals surface area contributed by atoms with Crippen LogP contribution in [-0.4, -0.2) is 73.0 Å². The molecule has 0 bridgehead atoms.